The molecule has 0 aromatic heterocycles. The van der Waals surface area contributed by atoms with Crippen LogP contribution in [0.3, 0.4) is 0 Å². The number of nitrogens with two attached hydrogens (primary N) is 1. The number of anilines is 2. The summed E-state index contributed by atoms with van der Waals surface area (Å²) in [6.45, 7) is 4.87. The molecule has 1 aromatic carbocycles. The summed E-state index contributed by atoms with van der Waals surface area (Å²) in [6.07, 6.45) is 0. The zero-order chi connectivity index (χ0) is 13.5. The van der Waals surface area contributed by atoms with E-state index in [0.29, 0.717) is 11.3 Å². The van der Waals surface area contributed by atoms with E-state index in [2.05, 4.69) is 28.9 Å². The first-order valence-electron chi connectivity index (χ1n) is 5.98. The van der Waals surface area contributed by atoms with Crippen LogP contribution in [0, 0.1) is 0 Å². The van der Waals surface area contributed by atoms with Crippen molar-refractivity contribution in [2.45, 2.75) is 6.92 Å². The minimum atomic E-state index is -0.376. The van der Waals surface area contributed by atoms with Crippen LogP contribution in [0.1, 0.15) is 17.3 Å². The van der Waals surface area contributed by atoms with E-state index < -0.39 is 0 Å². The highest BCUT2D eigenvalue weighted by atomic mass is 16.5. The minimum Gasteiger partial charge on any atom is -0.465 e. The maximum absolute atomic E-state index is 11.3. The van der Waals surface area contributed by atoms with Crippen LogP contribution in [0.4, 0.5) is 11.4 Å². The predicted octanol–water partition coefficient (Wildman–Crippen LogP) is 1.42. The Bertz CT molecular complexity index is 407. The number of ether oxygens (including phenoxy) is 1. The number of benzene rings is 1. The van der Waals surface area contributed by atoms with Gasteiger partial charge in [-0.05, 0) is 31.8 Å². The van der Waals surface area contributed by atoms with Crippen LogP contribution < -0.4 is 11.1 Å². The van der Waals surface area contributed by atoms with Gasteiger partial charge < -0.3 is 20.7 Å². The van der Waals surface area contributed by atoms with Crippen molar-refractivity contribution in [3.8, 4) is 0 Å². The van der Waals surface area contributed by atoms with E-state index >= 15 is 0 Å². The van der Waals surface area contributed by atoms with E-state index in [4.69, 9.17) is 5.73 Å². The first kappa shape index (κ1) is 14.3. The zero-order valence-corrected chi connectivity index (χ0v) is 11.2. The van der Waals surface area contributed by atoms with E-state index in [1.165, 1.54) is 7.11 Å². The van der Waals surface area contributed by atoms with Gasteiger partial charge in [0.15, 0.2) is 0 Å². The second-order valence-corrected chi connectivity index (χ2v) is 4.12. The molecular formula is C13H21N3O2. The molecule has 0 saturated heterocycles. The van der Waals surface area contributed by atoms with Crippen LogP contribution in [0.2, 0.25) is 0 Å². The number of nitrogens with one attached hydrogen (secondary N) is 1. The fraction of sp³-hybridized carbons (Fsp3) is 0.462. The van der Waals surface area contributed by atoms with Crippen LogP contribution in [0.15, 0.2) is 18.2 Å². The lowest BCUT2D eigenvalue weighted by atomic mass is 10.1. The van der Waals surface area contributed by atoms with Crippen molar-refractivity contribution in [1.29, 1.82) is 0 Å². The molecule has 0 amide bonds. The Kier molecular flexibility index (Phi) is 5.45. The molecule has 0 saturated carbocycles. The van der Waals surface area contributed by atoms with Crippen molar-refractivity contribution in [3.05, 3.63) is 23.8 Å². The van der Waals surface area contributed by atoms with Crippen molar-refractivity contribution in [3.63, 3.8) is 0 Å². The molecule has 0 fully saturated rings. The molecule has 100 valence electrons. The molecule has 3 N–H and O–H groups in total. The summed E-state index contributed by atoms with van der Waals surface area (Å²) in [5.74, 6) is -0.376. The largest absolute Gasteiger partial charge is 0.465 e. The third-order valence-corrected chi connectivity index (χ3v) is 2.82. The van der Waals surface area contributed by atoms with Crippen molar-refractivity contribution in [2.24, 2.45) is 0 Å². The van der Waals surface area contributed by atoms with Crippen LogP contribution >= 0.6 is 0 Å². The molecule has 0 atom stereocenters. The molecule has 0 unspecified atom stereocenters. The Morgan fingerprint density at radius 1 is 1.50 bits per heavy atom. The van der Waals surface area contributed by atoms with Crippen LogP contribution in [0.5, 0.6) is 0 Å². The summed E-state index contributed by atoms with van der Waals surface area (Å²) in [4.78, 5) is 13.5. The molecule has 0 aliphatic rings. The van der Waals surface area contributed by atoms with Crippen molar-refractivity contribution in [2.75, 3.05) is 44.8 Å². The van der Waals surface area contributed by atoms with Gasteiger partial charge in [0.1, 0.15) is 0 Å². The summed E-state index contributed by atoms with van der Waals surface area (Å²) in [6, 6.07) is 5.12. The first-order valence-corrected chi connectivity index (χ1v) is 5.98. The maximum Gasteiger partial charge on any atom is 0.337 e. The molecule has 0 aliphatic heterocycles. The van der Waals surface area contributed by atoms with Crippen molar-refractivity contribution >= 4 is 17.3 Å². The van der Waals surface area contributed by atoms with Gasteiger partial charge in [-0.15, -0.1) is 0 Å². The highest BCUT2D eigenvalue weighted by Crippen LogP contribution is 2.20. The van der Waals surface area contributed by atoms with Gasteiger partial charge in [0, 0.05) is 13.1 Å². The van der Waals surface area contributed by atoms with Crippen LogP contribution in [0.25, 0.3) is 0 Å². The van der Waals surface area contributed by atoms with Crippen molar-refractivity contribution < 1.29 is 9.53 Å². The maximum atomic E-state index is 11.3. The Balaban J connectivity index is 2.60. The summed E-state index contributed by atoms with van der Waals surface area (Å²) < 4.78 is 4.64. The number of rotatable bonds is 6. The second-order valence-electron chi connectivity index (χ2n) is 4.12. The van der Waals surface area contributed by atoms with Gasteiger partial charge in [0.25, 0.3) is 0 Å². The number of methoxy groups -OCH3 is 1. The fourth-order valence-electron chi connectivity index (χ4n) is 1.51. The fourth-order valence-corrected chi connectivity index (χ4v) is 1.51. The van der Waals surface area contributed by atoms with E-state index in [-0.39, 0.29) is 5.97 Å². The molecule has 0 aliphatic carbocycles. The van der Waals surface area contributed by atoms with Gasteiger partial charge in [-0.25, -0.2) is 4.79 Å². The predicted molar refractivity (Wildman–Crippen MR) is 73.9 cm³/mol. The Labute approximate surface area is 108 Å². The van der Waals surface area contributed by atoms with Gasteiger partial charge >= 0.3 is 5.97 Å². The van der Waals surface area contributed by atoms with Gasteiger partial charge in [-0.2, -0.15) is 0 Å². The molecular weight excluding hydrogens is 230 g/mol. The Morgan fingerprint density at radius 2 is 2.22 bits per heavy atom. The number of esters is 1. The highest BCUT2D eigenvalue weighted by molar-refractivity contribution is 5.91. The molecule has 5 nitrogen and oxygen atoms in total. The minimum absolute atomic E-state index is 0.376. The number of nitrogen functional groups attached to an aromatic ring is 1. The number of hydrogen-bond acceptors (Lipinski definition) is 5. The summed E-state index contributed by atoms with van der Waals surface area (Å²) in [5, 5.41) is 3.24. The second kappa shape index (κ2) is 6.86. The quantitative estimate of drug-likeness (QED) is 0.591. The zero-order valence-electron chi connectivity index (χ0n) is 11.2. The van der Waals surface area contributed by atoms with E-state index in [9.17, 15) is 4.79 Å². The number of carbonyl (C=O) groups is 1. The lowest BCUT2D eigenvalue weighted by Gasteiger charge is -2.15. The lowest BCUT2D eigenvalue weighted by Crippen LogP contribution is -2.24. The van der Waals surface area contributed by atoms with E-state index in [0.717, 1.165) is 25.3 Å². The highest BCUT2D eigenvalue weighted by Gasteiger charge is 2.07. The van der Waals surface area contributed by atoms with Gasteiger partial charge in [0.05, 0.1) is 24.0 Å². The normalized spacial score (nSPS) is 10.4. The Hall–Kier alpha value is -1.75. The number of carbonyl (C=O) groups excluding carboxylic acids is 1. The molecule has 1 aromatic rings. The smallest absolute Gasteiger partial charge is 0.337 e. The van der Waals surface area contributed by atoms with E-state index in [1.54, 1.807) is 18.2 Å². The van der Waals surface area contributed by atoms with Gasteiger partial charge in [-0.3, -0.25) is 0 Å². The summed E-state index contributed by atoms with van der Waals surface area (Å²) >= 11 is 0. The number of nitrogens with zero attached hydrogens (tertiary/aromatic N) is 1. The monoisotopic (exact) mass is 251 g/mol. The summed E-state index contributed by atoms with van der Waals surface area (Å²) in [5.41, 5.74) is 7.74. The first-order chi connectivity index (χ1) is 8.58. The third-order valence-electron chi connectivity index (χ3n) is 2.82. The molecule has 0 spiro atoms. The SMILES string of the molecule is CCN(C)CCNc1ccc(C(=O)OC)cc1N. The average molecular weight is 251 g/mol. The topological polar surface area (TPSA) is 67.6 Å². The number of hydrogen-bond donors (Lipinski definition) is 2. The Morgan fingerprint density at radius 3 is 2.78 bits per heavy atom. The molecule has 0 bridgehead atoms. The van der Waals surface area contributed by atoms with Crippen LogP contribution in [-0.4, -0.2) is 44.7 Å². The van der Waals surface area contributed by atoms with Crippen molar-refractivity contribution in [1.82, 2.24) is 4.90 Å². The molecule has 5 heteroatoms. The number of likely N-dealkylation sites (N-methyl/N-ethyl adjacent to an activating group) is 1. The van der Waals surface area contributed by atoms with E-state index in [1.807, 2.05) is 0 Å². The molecule has 1 rings (SSSR count). The lowest BCUT2D eigenvalue weighted by molar-refractivity contribution is 0.0601. The third kappa shape index (κ3) is 3.92. The molecule has 18 heavy (non-hydrogen) atoms. The average Bonchev–Trinajstić information content (AvgIpc) is 2.39. The molecule has 0 heterocycles. The standard InChI is InChI=1S/C13H21N3O2/c1-4-16(2)8-7-15-12-6-5-10(9-11(12)14)13(17)18-3/h5-6,9,15H,4,7-8,14H2,1-3H3. The van der Waals surface area contributed by atoms with Gasteiger partial charge in [0.2, 0.25) is 0 Å². The van der Waals surface area contributed by atoms with Crippen LogP contribution in [-0.2, 0) is 4.74 Å². The molecule has 0 radical (unpaired) electrons. The summed E-state index contributed by atoms with van der Waals surface area (Å²) in [7, 11) is 3.41. The van der Waals surface area contributed by atoms with Gasteiger partial charge in [-0.1, -0.05) is 6.92 Å².